The van der Waals surface area contributed by atoms with Gasteiger partial charge in [-0.15, -0.1) is 0 Å². The molecule has 2 aromatic carbocycles. The van der Waals surface area contributed by atoms with Gasteiger partial charge in [-0.1, -0.05) is 62.4 Å². The number of hydrogen-bond acceptors (Lipinski definition) is 4. The van der Waals surface area contributed by atoms with Gasteiger partial charge in [0.15, 0.2) is 0 Å². The molecule has 0 aliphatic carbocycles. The van der Waals surface area contributed by atoms with Crippen LogP contribution in [0.3, 0.4) is 0 Å². The summed E-state index contributed by atoms with van der Waals surface area (Å²) >= 11 is 0. The maximum atomic E-state index is 13.7. The second kappa shape index (κ2) is 12.5. The Morgan fingerprint density at radius 2 is 1.47 bits per heavy atom. The van der Waals surface area contributed by atoms with Gasteiger partial charge in [-0.2, -0.15) is 12.7 Å². The summed E-state index contributed by atoms with van der Waals surface area (Å²) in [6.45, 7) is 5.50. The highest BCUT2D eigenvalue weighted by Crippen LogP contribution is 2.21. The van der Waals surface area contributed by atoms with Gasteiger partial charge >= 0.3 is 10.2 Å². The molecule has 186 valence electrons. The van der Waals surface area contributed by atoms with E-state index in [2.05, 4.69) is 5.32 Å². The van der Waals surface area contributed by atoms with Gasteiger partial charge in [0.05, 0.1) is 5.69 Å². The van der Waals surface area contributed by atoms with Crippen LogP contribution in [0.15, 0.2) is 60.7 Å². The van der Waals surface area contributed by atoms with Crippen molar-refractivity contribution < 1.29 is 18.0 Å². The highest BCUT2D eigenvalue weighted by atomic mass is 32.2. The van der Waals surface area contributed by atoms with Crippen molar-refractivity contribution in [3.05, 3.63) is 66.2 Å². The minimum atomic E-state index is -3.95. The Balaban J connectivity index is 2.44. The van der Waals surface area contributed by atoms with Crippen LogP contribution in [0, 0.1) is 0 Å². The van der Waals surface area contributed by atoms with E-state index in [1.54, 1.807) is 30.3 Å². The number of para-hydroxylation sites is 1. The number of rotatable bonds is 12. The molecule has 0 fully saturated rings. The van der Waals surface area contributed by atoms with Gasteiger partial charge in [0.25, 0.3) is 0 Å². The second-order valence-electron chi connectivity index (χ2n) is 8.38. The van der Waals surface area contributed by atoms with Crippen LogP contribution < -0.4 is 9.62 Å². The van der Waals surface area contributed by atoms with Crippen LogP contribution in [-0.2, 0) is 26.3 Å². The molecule has 0 spiro atoms. The fourth-order valence-corrected chi connectivity index (χ4v) is 4.51. The van der Waals surface area contributed by atoms with Gasteiger partial charge in [0.2, 0.25) is 11.8 Å². The van der Waals surface area contributed by atoms with Crippen LogP contribution >= 0.6 is 0 Å². The second-order valence-corrected chi connectivity index (χ2v) is 10.4. The number of nitrogens with one attached hydrogen (secondary N) is 1. The Morgan fingerprint density at radius 1 is 0.912 bits per heavy atom. The normalized spacial score (nSPS) is 13.2. The van der Waals surface area contributed by atoms with Crippen molar-refractivity contribution in [3.63, 3.8) is 0 Å². The first-order valence-electron chi connectivity index (χ1n) is 11.5. The zero-order valence-corrected chi connectivity index (χ0v) is 21.5. The third-order valence-electron chi connectivity index (χ3n) is 5.65. The molecule has 0 aliphatic heterocycles. The zero-order chi connectivity index (χ0) is 25.3. The first-order valence-corrected chi connectivity index (χ1v) is 12.9. The number of amides is 2. The quantitative estimate of drug-likeness (QED) is 0.497. The van der Waals surface area contributed by atoms with E-state index in [1.807, 2.05) is 51.1 Å². The summed E-state index contributed by atoms with van der Waals surface area (Å²) in [7, 11) is -1.11. The summed E-state index contributed by atoms with van der Waals surface area (Å²) < 4.78 is 28.4. The van der Waals surface area contributed by atoms with Gasteiger partial charge < -0.3 is 10.2 Å². The molecule has 0 unspecified atom stereocenters. The van der Waals surface area contributed by atoms with Crippen molar-refractivity contribution in [2.45, 2.75) is 52.2 Å². The van der Waals surface area contributed by atoms with Gasteiger partial charge in [0, 0.05) is 26.7 Å². The average Bonchev–Trinajstić information content (AvgIpc) is 2.83. The Hall–Kier alpha value is -2.91. The molecule has 0 aromatic heterocycles. The van der Waals surface area contributed by atoms with Crippen molar-refractivity contribution in [1.82, 2.24) is 14.5 Å². The number of benzene rings is 2. The summed E-state index contributed by atoms with van der Waals surface area (Å²) in [5.74, 6) is -0.702. The van der Waals surface area contributed by atoms with E-state index in [1.165, 1.54) is 19.0 Å². The lowest BCUT2D eigenvalue weighted by molar-refractivity contribution is -0.140. The molecule has 0 bridgehead atoms. The topological polar surface area (TPSA) is 90.0 Å². The van der Waals surface area contributed by atoms with Crippen LogP contribution in [0.1, 0.15) is 39.2 Å². The van der Waals surface area contributed by atoms with Crippen LogP contribution in [0.2, 0.25) is 0 Å². The highest BCUT2D eigenvalue weighted by Gasteiger charge is 2.33. The van der Waals surface area contributed by atoms with E-state index in [0.717, 1.165) is 20.6 Å². The number of hydrogen-bond donors (Lipinski definition) is 1. The van der Waals surface area contributed by atoms with E-state index in [9.17, 15) is 18.0 Å². The number of carbonyl (C=O) groups is 2. The molecule has 2 atom stereocenters. The first-order chi connectivity index (χ1) is 16.1. The minimum Gasteiger partial charge on any atom is -0.352 e. The van der Waals surface area contributed by atoms with E-state index in [-0.39, 0.29) is 18.5 Å². The van der Waals surface area contributed by atoms with Gasteiger partial charge in [-0.05, 0) is 37.5 Å². The summed E-state index contributed by atoms with van der Waals surface area (Å²) in [5, 5.41) is 2.96. The van der Waals surface area contributed by atoms with Gasteiger partial charge in [0.1, 0.15) is 12.6 Å². The maximum Gasteiger partial charge on any atom is 0.304 e. The molecule has 9 heteroatoms. The summed E-state index contributed by atoms with van der Waals surface area (Å²) in [4.78, 5) is 28.3. The SMILES string of the molecule is CC[C@@H](C)NC(=O)[C@@H](CC)N(Cc1ccccc1)C(=O)CN(c1ccccc1)S(=O)(=O)N(C)C. The van der Waals surface area contributed by atoms with Crippen LogP contribution in [-0.4, -0.2) is 62.2 Å². The number of nitrogens with zero attached hydrogens (tertiary/aromatic N) is 3. The smallest absolute Gasteiger partial charge is 0.304 e. The third kappa shape index (κ3) is 7.04. The molecular formula is C25H36N4O4S. The maximum absolute atomic E-state index is 13.7. The molecule has 2 aromatic rings. The van der Waals surface area contributed by atoms with Gasteiger partial charge in [-0.3, -0.25) is 9.59 Å². The van der Waals surface area contributed by atoms with Crippen LogP contribution in [0.25, 0.3) is 0 Å². The first kappa shape index (κ1) is 27.3. The van der Waals surface area contributed by atoms with E-state index in [4.69, 9.17) is 0 Å². The summed E-state index contributed by atoms with van der Waals surface area (Å²) in [5.41, 5.74) is 1.23. The van der Waals surface area contributed by atoms with E-state index < -0.39 is 28.7 Å². The highest BCUT2D eigenvalue weighted by molar-refractivity contribution is 7.90. The van der Waals surface area contributed by atoms with E-state index >= 15 is 0 Å². The lowest BCUT2D eigenvalue weighted by Crippen LogP contribution is -2.54. The number of carbonyl (C=O) groups excluding carboxylic acids is 2. The van der Waals surface area contributed by atoms with Crippen molar-refractivity contribution in [3.8, 4) is 0 Å². The Morgan fingerprint density at radius 3 is 1.97 bits per heavy atom. The molecular weight excluding hydrogens is 452 g/mol. The van der Waals surface area contributed by atoms with Crippen molar-refractivity contribution >= 4 is 27.7 Å². The lowest BCUT2D eigenvalue weighted by atomic mass is 10.1. The minimum absolute atomic E-state index is 0.0369. The molecule has 0 saturated heterocycles. The Labute approximate surface area is 203 Å². The summed E-state index contributed by atoms with van der Waals surface area (Å²) in [6.07, 6.45) is 1.16. The molecule has 0 heterocycles. The lowest BCUT2D eigenvalue weighted by Gasteiger charge is -2.34. The molecule has 8 nitrogen and oxygen atoms in total. The van der Waals surface area contributed by atoms with Crippen molar-refractivity contribution in [2.24, 2.45) is 0 Å². The third-order valence-corrected chi connectivity index (χ3v) is 7.47. The Kier molecular flexibility index (Phi) is 10.1. The molecule has 2 rings (SSSR count). The molecule has 1 N–H and O–H groups in total. The predicted octanol–water partition coefficient (Wildman–Crippen LogP) is 3.02. The van der Waals surface area contributed by atoms with Crippen molar-refractivity contribution in [2.75, 3.05) is 24.9 Å². The zero-order valence-electron chi connectivity index (χ0n) is 20.6. The van der Waals surface area contributed by atoms with Crippen LogP contribution in [0.4, 0.5) is 5.69 Å². The Bertz CT molecular complexity index is 1030. The molecule has 0 aliphatic rings. The average molecular weight is 489 g/mol. The van der Waals surface area contributed by atoms with Crippen molar-refractivity contribution in [1.29, 1.82) is 0 Å². The largest absolute Gasteiger partial charge is 0.352 e. The standard InChI is InChI=1S/C25H36N4O4S/c1-6-20(3)26-25(31)23(7-2)28(18-21-14-10-8-11-15-21)24(30)19-29(34(32,33)27(4)5)22-16-12-9-13-17-22/h8-17,20,23H,6-7,18-19H2,1-5H3,(H,26,31)/t20-,23-/m1/s1. The van der Waals surface area contributed by atoms with Crippen LogP contribution in [0.5, 0.6) is 0 Å². The fraction of sp³-hybridized carbons (Fsp3) is 0.440. The molecule has 2 amide bonds. The molecule has 0 saturated carbocycles. The number of anilines is 1. The fourth-order valence-electron chi connectivity index (χ4n) is 3.45. The van der Waals surface area contributed by atoms with E-state index in [0.29, 0.717) is 12.1 Å². The molecule has 34 heavy (non-hydrogen) atoms. The summed E-state index contributed by atoms with van der Waals surface area (Å²) in [6, 6.07) is 17.1. The monoisotopic (exact) mass is 488 g/mol. The molecule has 0 radical (unpaired) electrons. The van der Waals surface area contributed by atoms with Gasteiger partial charge in [-0.25, -0.2) is 4.31 Å². The predicted molar refractivity (Wildman–Crippen MR) is 135 cm³/mol.